The Bertz CT molecular complexity index is 951. The number of β-amino-alcohol motifs (C(OH)–C–C–N with tert-alkyl or cyclic N) is 1. The number of likely N-dealkylation sites (tertiary alicyclic amines) is 1. The molecule has 2 unspecified atom stereocenters. The van der Waals surface area contributed by atoms with Gasteiger partial charge in [0, 0.05) is 19.2 Å². The molecule has 0 aliphatic carbocycles. The van der Waals surface area contributed by atoms with Crippen molar-refractivity contribution in [1.82, 2.24) is 15.2 Å². The van der Waals surface area contributed by atoms with E-state index in [1.54, 1.807) is 11.3 Å². The van der Waals surface area contributed by atoms with Crippen molar-refractivity contribution in [2.75, 3.05) is 19.7 Å². The minimum Gasteiger partial charge on any atom is -0.491 e. The molecule has 5 nitrogen and oxygen atoms in total. The molecule has 0 radical (unpaired) electrons. The Hall–Kier alpha value is -2.13. The van der Waals surface area contributed by atoms with Crippen LogP contribution in [0.1, 0.15) is 24.3 Å². The van der Waals surface area contributed by atoms with Crippen LogP contribution in [-0.4, -0.2) is 47.0 Å². The highest BCUT2D eigenvalue weighted by Crippen LogP contribution is 2.22. The zero-order chi connectivity index (χ0) is 20.9. The number of para-hydroxylation sites is 1. The van der Waals surface area contributed by atoms with Gasteiger partial charge in [0.1, 0.15) is 23.5 Å². The van der Waals surface area contributed by atoms with Crippen molar-refractivity contribution in [3.05, 3.63) is 59.1 Å². The Morgan fingerprint density at radius 3 is 2.90 bits per heavy atom. The number of hydrogen-bond donors (Lipinski definition) is 2. The normalized spacial score (nSPS) is 18.6. The van der Waals surface area contributed by atoms with E-state index in [2.05, 4.69) is 21.3 Å². The molecule has 1 fully saturated rings. The van der Waals surface area contributed by atoms with Crippen LogP contribution in [0.5, 0.6) is 5.75 Å². The molecule has 3 aromatic rings. The molecule has 0 saturated carbocycles. The largest absolute Gasteiger partial charge is 0.491 e. The second-order valence-electron chi connectivity index (χ2n) is 7.50. The minimum atomic E-state index is -0.961. The van der Waals surface area contributed by atoms with Crippen LogP contribution in [0.25, 0.3) is 10.2 Å². The lowest BCUT2D eigenvalue weighted by Gasteiger charge is -2.37. The highest BCUT2D eigenvalue weighted by atomic mass is 32.1. The number of aromatic nitrogens is 1. The highest BCUT2D eigenvalue weighted by molar-refractivity contribution is 7.18. The molecular weight excluding hydrogens is 408 g/mol. The lowest BCUT2D eigenvalue weighted by molar-refractivity contribution is 0.0301. The SMILES string of the molecule is OC(COc1ccc(F)c(F)c1)CN1CCCCC1NCc1nc2ccccc2s1. The van der Waals surface area contributed by atoms with Gasteiger partial charge in [-0.2, -0.15) is 0 Å². The fourth-order valence-corrected chi connectivity index (χ4v) is 4.64. The average Bonchev–Trinajstić information content (AvgIpc) is 3.17. The number of benzene rings is 2. The molecule has 0 amide bonds. The number of hydrogen-bond acceptors (Lipinski definition) is 6. The van der Waals surface area contributed by atoms with E-state index in [0.29, 0.717) is 13.1 Å². The van der Waals surface area contributed by atoms with E-state index in [1.807, 2.05) is 18.2 Å². The standard InChI is InChI=1S/C22H25F2N3O2S/c23-17-9-8-16(11-18(17)24)29-14-15(28)13-27-10-4-3-7-21(27)25-12-22-26-19-5-1-2-6-20(19)30-22/h1-2,5-6,8-9,11,15,21,25,28H,3-4,7,10,12-14H2. The molecule has 1 aliphatic heterocycles. The number of thiazole rings is 1. The van der Waals surface area contributed by atoms with E-state index in [0.717, 1.165) is 48.5 Å². The van der Waals surface area contributed by atoms with E-state index in [-0.39, 0.29) is 18.5 Å². The first kappa shape index (κ1) is 21.1. The van der Waals surface area contributed by atoms with E-state index in [1.165, 1.54) is 10.8 Å². The summed E-state index contributed by atoms with van der Waals surface area (Å²) in [5, 5.41) is 15.0. The Balaban J connectivity index is 1.29. The fraction of sp³-hybridized carbons (Fsp3) is 0.409. The van der Waals surface area contributed by atoms with Crippen molar-refractivity contribution in [1.29, 1.82) is 0 Å². The second kappa shape index (κ2) is 9.78. The zero-order valence-electron chi connectivity index (χ0n) is 16.6. The van der Waals surface area contributed by atoms with Crippen LogP contribution < -0.4 is 10.1 Å². The number of aliphatic hydroxyl groups excluding tert-OH is 1. The van der Waals surface area contributed by atoms with Crippen LogP contribution in [-0.2, 0) is 6.54 Å². The first-order valence-electron chi connectivity index (χ1n) is 10.2. The molecule has 4 rings (SSSR count). The van der Waals surface area contributed by atoms with Gasteiger partial charge in [0.2, 0.25) is 0 Å². The van der Waals surface area contributed by atoms with E-state index in [9.17, 15) is 13.9 Å². The number of piperidine rings is 1. The van der Waals surface area contributed by atoms with Gasteiger partial charge in [0.05, 0.1) is 16.4 Å². The Labute approximate surface area is 178 Å². The molecular formula is C22H25F2N3O2S. The van der Waals surface area contributed by atoms with Crippen LogP contribution in [0.15, 0.2) is 42.5 Å². The lowest BCUT2D eigenvalue weighted by Crippen LogP contribution is -2.51. The van der Waals surface area contributed by atoms with E-state index in [4.69, 9.17) is 4.74 Å². The second-order valence-corrected chi connectivity index (χ2v) is 8.62. The van der Waals surface area contributed by atoms with Crippen molar-refractivity contribution in [3.63, 3.8) is 0 Å². The molecule has 160 valence electrons. The summed E-state index contributed by atoms with van der Waals surface area (Å²) in [5.41, 5.74) is 1.02. The Morgan fingerprint density at radius 1 is 1.20 bits per heavy atom. The van der Waals surface area contributed by atoms with Crippen molar-refractivity contribution >= 4 is 21.6 Å². The zero-order valence-corrected chi connectivity index (χ0v) is 17.4. The van der Waals surface area contributed by atoms with Gasteiger partial charge in [-0.3, -0.25) is 10.2 Å². The summed E-state index contributed by atoms with van der Waals surface area (Å²) < 4.78 is 32.9. The first-order chi connectivity index (χ1) is 14.6. The number of nitrogens with zero attached hydrogens (tertiary/aromatic N) is 2. The maximum atomic E-state index is 13.3. The summed E-state index contributed by atoms with van der Waals surface area (Å²) in [6.07, 6.45) is 2.64. The monoisotopic (exact) mass is 433 g/mol. The molecule has 8 heteroatoms. The van der Waals surface area contributed by atoms with Crippen LogP contribution in [0.4, 0.5) is 8.78 Å². The van der Waals surface area contributed by atoms with Gasteiger partial charge in [-0.1, -0.05) is 12.1 Å². The third kappa shape index (κ3) is 5.31. The number of rotatable bonds is 8. The summed E-state index contributed by atoms with van der Waals surface area (Å²) in [4.78, 5) is 6.89. The van der Waals surface area contributed by atoms with Gasteiger partial charge in [-0.25, -0.2) is 13.8 Å². The predicted octanol–water partition coefficient (Wildman–Crippen LogP) is 3.92. The topological polar surface area (TPSA) is 57.6 Å². The Morgan fingerprint density at radius 2 is 2.07 bits per heavy atom. The number of nitrogens with one attached hydrogen (secondary N) is 1. The van der Waals surface area contributed by atoms with Crippen LogP contribution >= 0.6 is 11.3 Å². The van der Waals surface area contributed by atoms with Gasteiger partial charge in [-0.15, -0.1) is 11.3 Å². The maximum absolute atomic E-state index is 13.3. The third-order valence-electron chi connectivity index (χ3n) is 5.22. The molecule has 0 bridgehead atoms. The van der Waals surface area contributed by atoms with Gasteiger partial charge in [0.25, 0.3) is 0 Å². The Kier molecular flexibility index (Phi) is 6.89. The van der Waals surface area contributed by atoms with Crippen molar-refractivity contribution in [2.45, 2.75) is 38.1 Å². The molecule has 2 heterocycles. The van der Waals surface area contributed by atoms with Crippen LogP contribution in [0.3, 0.4) is 0 Å². The van der Waals surface area contributed by atoms with Gasteiger partial charge >= 0.3 is 0 Å². The molecule has 2 atom stereocenters. The van der Waals surface area contributed by atoms with Gasteiger partial charge < -0.3 is 9.84 Å². The number of ether oxygens (including phenoxy) is 1. The van der Waals surface area contributed by atoms with E-state index >= 15 is 0 Å². The summed E-state index contributed by atoms with van der Waals surface area (Å²) in [5.74, 6) is -1.67. The molecule has 1 aromatic heterocycles. The molecule has 2 aromatic carbocycles. The summed E-state index contributed by atoms with van der Waals surface area (Å²) in [6.45, 7) is 2.04. The average molecular weight is 434 g/mol. The molecule has 1 aliphatic rings. The molecule has 2 N–H and O–H groups in total. The van der Waals surface area contributed by atoms with Crippen LogP contribution in [0, 0.1) is 11.6 Å². The van der Waals surface area contributed by atoms with Crippen molar-refractivity contribution in [3.8, 4) is 5.75 Å². The quantitative estimate of drug-likeness (QED) is 0.564. The highest BCUT2D eigenvalue weighted by Gasteiger charge is 2.24. The molecule has 30 heavy (non-hydrogen) atoms. The van der Waals surface area contributed by atoms with Crippen LogP contribution in [0.2, 0.25) is 0 Å². The van der Waals surface area contributed by atoms with Crippen molar-refractivity contribution < 1.29 is 18.6 Å². The van der Waals surface area contributed by atoms with Gasteiger partial charge in [0.15, 0.2) is 11.6 Å². The molecule has 1 saturated heterocycles. The number of aliphatic hydroxyl groups is 1. The predicted molar refractivity (Wildman–Crippen MR) is 114 cm³/mol. The number of halogens is 2. The smallest absolute Gasteiger partial charge is 0.162 e. The van der Waals surface area contributed by atoms with Gasteiger partial charge in [-0.05, 0) is 50.1 Å². The minimum absolute atomic E-state index is 0.0200. The third-order valence-corrected chi connectivity index (χ3v) is 6.26. The lowest BCUT2D eigenvalue weighted by atomic mass is 10.1. The summed E-state index contributed by atoms with van der Waals surface area (Å²) >= 11 is 1.69. The van der Waals surface area contributed by atoms with Crippen molar-refractivity contribution in [2.24, 2.45) is 0 Å². The summed E-state index contributed by atoms with van der Waals surface area (Å²) in [6, 6.07) is 11.5. The molecule has 0 spiro atoms. The summed E-state index contributed by atoms with van der Waals surface area (Å²) in [7, 11) is 0. The van der Waals surface area contributed by atoms with E-state index < -0.39 is 17.7 Å². The number of fused-ring (bicyclic) bond motifs is 1. The fourth-order valence-electron chi connectivity index (χ4n) is 3.72. The maximum Gasteiger partial charge on any atom is 0.162 e. The first-order valence-corrected chi connectivity index (χ1v) is 11.0.